The van der Waals surface area contributed by atoms with Crippen LogP contribution in [0.15, 0.2) is 0 Å². The van der Waals surface area contributed by atoms with Gasteiger partial charge in [-0.2, -0.15) is 0 Å². The molecule has 0 aromatic carbocycles. The second-order valence-electron chi connectivity index (χ2n) is 5.41. The zero-order valence-corrected chi connectivity index (χ0v) is 12.0. The third-order valence-corrected chi connectivity index (χ3v) is 4.03. The van der Waals surface area contributed by atoms with Crippen molar-refractivity contribution in [3.8, 4) is 0 Å². The lowest BCUT2D eigenvalue weighted by atomic mass is 9.92. The summed E-state index contributed by atoms with van der Waals surface area (Å²) < 4.78 is 0. The monoisotopic (exact) mass is 254 g/mol. The molecule has 0 aromatic rings. The van der Waals surface area contributed by atoms with Gasteiger partial charge in [0.1, 0.15) is 5.78 Å². The molecule has 0 aliphatic carbocycles. The number of nitrogens with zero attached hydrogens (tertiary/aromatic N) is 1. The zero-order valence-electron chi connectivity index (χ0n) is 12.0. The molecule has 1 aliphatic heterocycles. The normalized spacial score (nSPS) is 21.3. The molecule has 1 rings (SSSR count). The van der Waals surface area contributed by atoms with E-state index in [4.69, 9.17) is 0 Å². The maximum Gasteiger partial charge on any atom is 0.237 e. The van der Waals surface area contributed by atoms with Gasteiger partial charge < -0.3 is 5.32 Å². The zero-order chi connectivity index (χ0) is 13.7. The van der Waals surface area contributed by atoms with Gasteiger partial charge in [0.05, 0.1) is 6.04 Å². The summed E-state index contributed by atoms with van der Waals surface area (Å²) in [5.74, 6) is 0.586. The number of Topliss-reactive ketones (excluding diaryl/α,β-unsaturated/α-hetero) is 1. The van der Waals surface area contributed by atoms with Crippen LogP contribution >= 0.6 is 0 Å². The molecule has 0 bridgehead atoms. The molecular weight excluding hydrogens is 228 g/mol. The SMILES string of the molecule is CCC(C)NC(=O)C(C)N1CCC(C(C)=O)CC1. The standard InChI is InChI=1S/C14H26N2O2/c1-5-10(2)15-14(18)11(3)16-8-6-13(7-9-16)12(4)17/h10-11,13H,5-9H2,1-4H3,(H,15,18). The first-order valence-electron chi connectivity index (χ1n) is 7.00. The third kappa shape index (κ3) is 4.09. The van der Waals surface area contributed by atoms with Crippen LogP contribution in [0.1, 0.15) is 47.0 Å². The molecule has 2 unspecified atom stereocenters. The number of rotatable bonds is 5. The van der Waals surface area contributed by atoms with E-state index in [-0.39, 0.29) is 29.7 Å². The van der Waals surface area contributed by atoms with Gasteiger partial charge in [0.25, 0.3) is 0 Å². The molecule has 1 N–H and O–H groups in total. The molecule has 18 heavy (non-hydrogen) atoms. The topological polar surface area (TPSA) is 49.4 Å². The Morgan fingerprint density at radius 2 is 1.83 bits per heavy atom. The molecule has 0 spiro atoms. The predicted octanol–water partition coefficient (Wildman–Crippen LogP) is 1.59. The van der Waals surface area contributed by atoms with Crippen LogP contribution < -0.4 is 5.32 Å². The van der Waals surface area contributed by atoms with E-state index in [0.29, 0.717) is 0 Å². The van der Waals surface area contributed by atoms with Gasteiger partial charge in [-0.05, 0) is 53.1 Å². The maximum atomic E-state index is 12.0. The van der Waals surface area contributed by atoms with Crippen molar-refractivity contribution >= 4 is 11.7 Å². The summed E-state index contributed by atoms with van der Waals surface area (Å²) >= 11 is 0. The number of carbonyl (C=O) groups is 2. The first-order valence-corrected chi connectivity index (χ1v) is 7.00. The van der Waals surface area contributed by atoms with Gasteiger partial charge in [0.2, 0.25) is 5.91 Å². The number of piperidine rings is 1. The maximum absolute atomic E-state index is 12.0. The Bertz CT molecular complexity index is 296. The van der Waals surface area contributed by atoms with E-state index >= 15 is 0 Å². The summed E-state index contributed by atoms with van der Waals surface area (Å²) in [6.45, 7) is 9.39. The van der Waals surface area contributed by atoms with Crippen molar-refractivity contribution in [1.82, 2.24) is 10.2 Å². The smallest absolute Gasteiger partial charge is 0.237 e. The van der Waals surface area contributed by atoms with Crippen molar-refractivity contribution in [1.29, 1.82) is 0 Å². The van der Waals surface area contributed by atoms with Crippen LogP contribution in [0, 0.1) is 5.92 Å². The summed E-state index contributed by atoms with van der Waals surface area (Å²) in [6.07, 6.45) is 2.72. The highest BCUT2D eigenvalue weighted by Gasteiger charge is 2.28. The highest BCUT2D eigenvalue weighted by Crippen LogP contribution is 2.19. The summed E-state index contributed by atoms with van der Waals surface area (Å²) in [5.41, 5.74) is 0. The van der Waals surface area contributed by atoms with Gasteiger partial charge in [0.15, 0.2) is 0 Å². The quantitative estimate of drug-likeness (QED) is 0.810. The van der Waals surface area contributed by atoms with Gasteiger partial charge >= 0.3 is 0 Å². The molecule has 1 aliphatic rings. The number of hydrogen-bond donors (Lipinski definition) is 1. The van der Waals surface area contributed by atoms with Crippen LogP contribution in [0.4, 0.5) is 0 Å². The van der Waals surface area contributed by atoms with Crippen LogP contribution in [0.3, 0.4) is 0 Å². The minimum absolute atomic E-state index is 0.0908. The van der Waals surface area contributed by atoms with Crippen molar-refractivity contribution < 1.29 is 9.59 Å². The summed E-state index contributed by atoms with van der Waals surface area (Å²) in [7, 11) is 0. The molecule has 4 nitrogen and oxygen atoms in total. The molecule has 1 fully saturated rings. The Morgan fingerprint density at radius 3 is 2.28 bits per heavy atom. The molecule has 4 heteroatoms. The molecule has 1 saturated heterocycles. The first-order chi connectivity index (χ1) is 8.45. The number of amides is 1. The summed E-state index contributed by atoms with van der Waals surface area (Å²) in [5, 5.41) is 3.01. The Hall–Kier alpha value is -0.900. The molecule has 1 amide bonds. The van der Waals surface area contributed by atoms with Crippen molar-refractivity contribution in [2.45, 2.75) is 59.0 Å². The molecule has 0 radical (unpaired) electrons. The number of likely N-dealkylation sites (tertiary alicyclic amines) is 1. The van der Waals surface area contributed by atoms with Crippen LogP contribution in [-0.2, 0) is 9.59 Å². The molecule has 1 heterocycles. The van der Waals surface area contributed by atoms with Gasteiger partial charge in [-0.15, -0.1) is 0 Å². The summed E-state index contributed by atoms with van der Waals surface area (Å²) in [4.78, 5) is 25.5. The van der Waals surface area contributed by atoms with Crippen LogP contribution in [0.25, 0.3) is 0 Å². The number of hydrogen-bond acceptors (Lipinski definition) is 3. The lowest BCUT2D eigenvalue weighted by Crippen LogP contribution is -2.50. The highest BCUT2D eigenvalue weighted by molar-refractivity contribution is 5.81. The van der Waals surface area contributed by atoms with E-state index in [0.717, 1.165) is 32.4 Å². The fourth-order valence-corrected chi connectivity index (χ4v) is 2.32. The highest BCUT2D eigenvalue weighted by atomic mass is 16.2. The number of nitrogens with one attached hydrogen (secondary N) is 1. The van der Waals surface area contributed by atoms with Gasteiger partial charge in [-0.25, -0.2) is 0 Å². The molecule has 0 saturated carbocycles. The fourth-order valence-electron chi connectivity index (χ4n) is 2.32. The predicted molar refractivity (Wildman–Crippen MR) is 72.3 cm³/mol. The van der Waals surface area contributed by atoms with Gasteiger partial charge in [-0.1, -0.05) is 6.92 Å². The number of carbonyl (C=O) groups excluding carboxylic acids is 2. The average Bonchev–Trinajstić information content (AvgIpc) is 2.37. The van der Waals surface area contributed by atoms with Crippen LogP contribution in [-0.4, -0.2) is 41.8 Å². The second-order valence-corrected chi connectivity index (χ2v) is 5.41. The van der Waals surface area contributed by atoms with Crippen LogP contribution in [0.2, 0.25) is 0 Å². The van der Waals surface area contributed by atoms with Crippen LogP contribution in [0.5, 0.6) is 0 Å². The lowest BCUT2D eigenvalue weighted by Gasteiger charge is -2.34. The van der Waals surface area contributed by atoms with Gasteiger partial charge in [0, 0.05) is 12.0 Å². The third-order valence-electron chi connectivity index (χ3n) is 4.03. The largest absolute Gasteiger partial charge is 0.352 e. The molecular formula is C14H26N2O2. The molecule has 104 valence electrons. The minimum Gasteiger partial charge on any atom is -0.352 e. The van der Waals surface area contributed by atoms with E-state index in [9.17, 15) is 9.59 Å². The Labute approximate surface area is 110 Å². The molecule has 0 aromatic heterocycles. The lowest BCUT2D eigenvalue weighted by molar-refractivity contribution is -0.127. The second kappa shape index (κ2) is 6.88. The Kier molecular flexibility index (Phi) is 5.79. The van der Waals surface area contributed by atoms with E-state index in [2.05, 4.69) is 17.1 Å². The average molecular weight is 254 g/mol. The van der Waals surface area contributed by atoms with Crippen molar-refractivity contribution in [2.24, 2.45) is 5.92 Å². The van der Waals surface area contributed by atoms with Crippen molar-refractivity contribution in [3.05, 3.63) is 0 Å². The summed E-state index contributed by atoms with van der Waals surface area (Å²) in [6, 6.07) is 0.140. The number of ketones is 1. The minimum atomic E-state index is -0.0908. The van der Waals surface area contributed by atoms with E-state index < -0.39 is 0 Å². The van der Waals surface area contributed by atoms with E-state index in [1.165, 1.54) is 0 Å². The van der Waals surface area contributed by atoms with Crippen molar-refractivity contribution in [3.63, 3.8) is 0 Å². The van der Waals surface area contributed by atoms with Crippen molar-refractivity contribution in [2.75, 3.05) is 13.1 Å². The fraction of sp³-hybridized carbons (Fsp3) is 0.857. The Balaban J connectivity index is 2.42. The van der Waals surface area contributed by atoms with Gasteiger partial charge in [-0.3, -0.25) is 14.5 Å². The van der Waals surface area contributed by atoms with E-state index in [1.54, 1.807) is 6.92 Å². The van der Waals surface area contributed by atoms with E-state index in [1.807, 2.05) is 13.8 Å². The first kappa shape index (κ1) is 15.2. The Morgan fingerprint density at radius 1 is 1.28 bits per heavy atom. The molecule has 2 atom stereocenters.